The normalized spacial score (nSPS) is 11.2. The molecule has 6 nitrogen and oxygen atoms in total. The van der Waals surface area contributed by atoms with Gasteiger partial charge in [-0.1, -0.05) is 4.49 Å². The number of anilines is 1. The van der Waals surface area contributed by atoms with Gasteiger partial charge in [-0.25, -0.2) is 18.0 Å². The summed E-state index contributed by atoms with van der Waals surface area (Å²) in [4.78, 5) is 24.2. The molecule has 0 bridgehead atoms. The molecule has 0 amide bonds. The van der Waals surface area contributed by atoms with E-state index >= 15 is 0 Å². The number of esters is 1. The van der Waals surface area contributed by atoms with Crippen LogP contribution in [-0.2, 0) is 9.53 Å². The van der Waals surface area contributed by atoms with Gasteiger partial charge in [0.15, 0.2) is 17.5 Å². The molecule has 2 rings (SSSR count). The van der Waals surface area contributed by atoms with E-state index in [0.29, 0.717) is 6.07 Å². The largest absolute Gasteiger partial charge is 0.462 e. The Morgan fingerprint density at radius 2 is 1.96 bits per heavy atom. The zero-order valence-corrected chi connectivity index (χ0v) is 13.0. The van der Waals surface area contributed by atoms with E-state index in [1.54, 1.807) is 0 Å². The summed E-state index contributed by atoms with van der Waals surface area (Å²) in [6.45, 7) is 1.47. The van der Waals surface area contributed by atoms with E-state index in [0.717, 1.165) is 17.7 Å². The van der Waals surface area contributed by atoms with Crippen molar-refractivity contribution in [3.63, 3.8) is 0 Å². The Labute approximate surface area is 138 Å². The number of nitrogens with zero attached hydrogens (tertiary/aromatic N) is 2. The fourth-order valence-electron chi connectivity index (χ4n) is 1.64. The van der Waals surface area contributed by atoms with Gasteiger partial charge < -0.3 is 10.1 Å². The quantitative estimate of drug-likeness (QED) is 0.214. The number of benzene rings is 1. The Kier molecular flexibility index (Phi) is 5.64. The first-order valence-corrected chi connectivity index (χ1v) is 7.37. The van der Waals surface area contributed by atoms with Crippen molar-refractivity contribution >= 4 is 29.1 Å². The molecular weight excluding hydrogens is 347 g/mol. The number of ether oxygens (including phenoxy) is 1. The van der Waals surface area contributed by atoms with Gasteiger partial charge in [-0.05, 0) is 24.5 Å². The summed E-state index contributed by atoms with van der Waals surface area (Å²) < 4.78 is 48.3. The van der Waals surface area contributed by atoms with Crippen molar-refractivity contribution in [1.29, 1.82) is 0 Å². The first-order chi connectivity index (χ1) is 11.4. The van der Waals surface area contributed by atoms with Crippen LogP contribution in [0.1, 0.15) is 17.3 Å². The van der Waals surface area contributed by atoms with Gasteiger partial charge in [0.05, 0.1) is 17.6 Å². The van der Waals surface area contributed by atoms with Gasteiger partial charge in [-0.3, -0.25) is 4.79 Å². The van der Waals surface area contributed by atoms with E-state index in [-0.39, 0.29) is 18.5 Å². The average molecular weight is 357 g/mol. The summed E-state index contributed by atoms with van der Waals surface area (Å²) >= 11 is 1.02. The number of hydrogen-bond acceptors (Lipinski definition) is 7. The van der Waals surface area contributed by atoms with E-state index in [1.165, 1.54) is 12.3 Å². The van der Waals surface area contributed by atoms with Crippen molar-refractivity contribution < 1.29 is 27.5 Å². The maximum absolute atomic E-state index is 13.8. The lowest BCUT2D eigenvalue weighted by Crippen LogP contribution is -2.19. The Morgan fingerprint density at radius 3 is 2.58 bits per heavy atom. The predicted molar refractivity (Wildman–Crippen MR) is 78.9 cm³/mol. The Hall–Kier alpha value is -2.75. The summed E-state index contributed by atoms with van der Waals surface area (Å²) in [5.41, 5.74) is -1.40. The highest BCUT2D eigenvalue weighted by Crippen LogP contribution is 2.18. The van der Waals surface area contributed by atoms with Gasteiger partial charge in [0.25, 0.3) is 0 Å². The Morgan fingerprint density at radius 1 is 1.25 bits per heavy atom. The van der Waals surface area contributed by atoms with Crippen LogP contribution in [0.15, 0.2) is 29.3 Å². The molecule has 0 radical (unpaired) electrons. The van der Waals surface area contributed by atoms with Crippen LogP contribution in [0, 0.1) is 17.5 Å². The molecule has 126 valence electrons. The monoisotopic (exact) mass is 357 g/mol. The summed E-state index contributed by atoms with van der Waals surface area (Å²) in [5, 5.41) is 7.65. The minimum atomic E-state index is -1.45. The zero-order valence-electron chi connectivity index (χ0n) is 12.2. The predicted octanol–water partition coefficient (Wildman–Crippen LogP) is 2.70. The molecule has 0 fully saturated rings. The van der Waals surface area contributed by atoms with E-state index in [4.69, 9.17) is 4.74 Å². The van der Waals surface area contributed by atoms with Crippen molar-refractivity contribution in [1.82, 2.24) is 9.59 Å². The standard InChI is InChI=1S/C14H10F3N3O3S/c1-2-23-14(22)8(5-18-12-6-24-20-19-12)13(21)7-3-10(16)11(17)4-9(7)15/h3-6,18H,2H2,1H3. The maximum Gasteiger partial charge on any atom is 0.343 e. The number of nitrogens with one attached hydrogen (secondary N) is 1. The number of rotatable bonds is 6. The lowest BCUT2D eigenvalue weighted by Gasteiger charge is -2.08. The molecule has 10 heteroatoms. The molecule has 0 spiro atoms. The van der Waals surface area contributed by atoms with Gasteiger partial charge in [0.1, 0.15) is 11.4 Å². The molecule has 1 N–H and O–H groups in total. The molecule has 0 saturated heterocycles. The van der Waals surface area contributed by atoms with E-state index in [2.05, 4.69) is 14.9 Å². The Balaban J connectivity index is 2.39. The first kappa shape index (κ1) is 17.6. The molecule has 0 saturated carbocycles. The number of carbonyl (C=O) groups is 2. The number of aromatic nitrogens is 2. The molecule has 1 aromatic heterocycles. The van der Waals surface area contributed by atoms with E-state index in [1.807, 2.05) is 0 Å². The molecular formula is C14H10F3N3O3S. The SMILES string of the molecule is CCOC(=O)C(=CNc1csnn1)C(=O)c1cc(F)c(F)cc1F. The summed E-state index contributed by atoms with van der Waals surface area (Å²) in [6, 6.07) is 0.605. The van der Waals surface area contributed by atoms with Crippen molar-refractivity contribution in [3.8, 4) is 0 Å². The van der Waals surface area contributed by atoms with Gasteiger partial charge in [0, 0.05) is 12.3 Å². The van der Waals surface area contributed by atoms with Crippen LogP contribution in [0.3, 0.4) is 0 Å². The molecule has 1 heterocycles. The summed E-state index contributed by atoms with van der Waals surface area (Å²) in [7, 11) is 0. The number of halogens is 3. The third kappa shape index (κ3) is 3.96. The summed E-state index contributed by atoms with van der Waals surface area (Å²) in [6.07, 6.45) is 0.942. The highest BCUT2D eigenvalue weighted by molar-refractivity contribution is 7.03. The van der Waals surface area contributed by atoms with Crippen LogP contribution in [-0.4, -0.2) is 27.9 Å². The van der Waals surface area contributed by atoms with Crippen LogP contribution < -0.4 is 5.32 Å². The lowest BCUT2D eigenvalue weighted by atomic mass is 10.0. The third-order valence-electron chi connectivity index (χ3n) is 2.72. The van der Waals surface area contributed by atoms with Crippen molar-refractivity contribution in [2.45, 2.75) is 6.92 Å². The smallest absolute Gasteiger partial charge is 0.343 e. The minimum absolute atomic E-state index is 0.0397. The molecule has 1 aromatic carbocycles. The molecule has 0 aliphatic rings. The fourth-order valence-corrected chi connectivity index (χ4v) is 2.04. The van der Waals surface area contributed by atoms with Crippen LogP contribution in [0.25, 0.3) is 0 Å². The first-order valence-electron chi connectivity index (χ1n) is 6.54. The van der Waals surface area contributed by atoms with Crippen molar-refractivity contribution in [3.05, 3.63) is 52.3 Å². The molecule has 0 atom stereocenters. The molecule has 0 unspecified atom stereocenters. The highest BCUT2D eigenvalue weighted by atomic mass is 32.1. The topological polar surface area (TPSA) is 81.2 Å². The lowest BCUT2D eigenvalue weighted by molar-refractivity contribution is -0.138. The average Bonchev–Trinajstić information content (AvgIpc) is 3.04. The van der Waals surface area contributed by atoms with Gasteiger partial charge in [-0.2, -0.15) is 0 Å². The second-order valence-electron chi connectivity index (χ2n) is 4.29. The second-order valence-corrected chi connectivity index (χ2v) is 4.90. The number of carbonyl (C=O) groups excluding carboxylic acids is 2. The van der Waals surface area contributed by atoms with Gasteiger partial charge in [-0.15, -0.1) is 5.10 Å². The van der Waals surface area contributed by atoms with E-state index < -0.39 is 40.3 Å². The summed E-state index contributed by atoms with van der Waals surface area (Å²) in [5.74, 6) is -6.15. The van der Waals surface area contributed by atoms with Gasteiger partial charge in [0.2, 0.25) is 5.78 Å². The van der Waals surface area contributed by atoms with Gasteiger partial charge >= 0.3 is 5.97 Å². The fraction of sp³-hybridized carbons (Fsp3) is 0.143. The molecule has 2 aromatic rings. The molecule has 0 aliphatic heterocycles. The van der Waals surface area contributed by atoms with Crippen LogP contribution >= 0.6 is 11.5 Å². The zero-order chi connectivity index (χ0) is 17.7. The highest BCUT2D eigenvalue weighted by Gasteiger charge is 2.25. The van der Waals surface area contributed by atoms with Crippen LogP contribution in [0.5, 0.6) is 0 Å². The van der Waals surface area contributed by atoms with E-state index in [9.17, 15) is 22.8 Å². The number of Topliss-reactive ketones (excluding diaryl/α,β-unsaturated/α-hetero) is 1. The van der Waals surface area contributed by atoms with Crippen LogP contribution in [0.2, 0.25) is 0 Å². The third-order valence-corrected chi connectivity index (χ3v) is 3.22. The number of hydrogen-bond donors (Lipinski definition) is 1. The minimum Gasteiger partial charge on any atom is -0.462 e. The Bertz CT molecular complexity index is 794. The number of ketones is 1. The molecule has 0 aliphatic carbocycles. The van der Waals surface area contributed by atoms with Crippen LogP contribution in [0.4, 0.5) is 19.0 Å². The van der Waals surface area contributed by atoms with Crippen molar-refractivity contribution in [2.24, 2.45) is 0 Å². The second kappa shape index (κ2) is 7.68. The van der Waals surface area contributed by atoms with Crippen molar-refractivity contribution in [2.75, 3.05) is 11.9 Å². The maximum atomic E-state index is 13.8. The molecule has 24 heavy (non-hydrogen) atoms.